The quantitative estimate of drug-likeness (QED) is 0.172. The van der Waals surface area contributed by atoms with E-state index in [1.54, 1.807) is 0 Å². The molecule has 4 heterocycles. The highest BCUT2D eigenvalue weighted by Gasteiger charge is 2.19. The molecule has 262 valence electrons. The number of rotatable bonds is 6. The van der Waals surface area contributed by atoms with E-state index in [1.165, 1.54) is 38.3 Å². The molecule has 0 N–H and O–H groups in total. The van der Waals surface area contributed by atoms with Gasteiger partial charge in [0.25, 0.3) is 0 Å². The van der Waals surface area contributed by atoms with Crippen LogP contribution in [-0.4, -0.2) is 19.1 Å². The average Bonchev–Trinajstić information content (AvgIpc) is 3.80. The van der Waals surface area contributed by atoms with E-state index >= 15 is 0 Å². The molecule has 11 rings (SSSR count). The molecule has 56 heavy (non-hydrogen) atoms. The summed E-state index contributed by atoms with van der Waals surface area (Å²) in [5.74, 6) is 0. The fraction of sp³-hybridized carbons (Fsp3) is 0. The summed E-state index contributed by atoms with van der Waals surface area (Å²) in [5, 5.41) is 4.80. The van der Waals surface area contributed by atoms with Crippen molar-refractivity contribution in [2.75, 3.05) is 0 Å². The third kappa shape index (κ3) is 5.23. The molecule has 4 aromatic heterocycles. The van der Waals surface area contributed by atoms with Crippen LogP contribution in [0.4, 0.5) is 0 Å². The highest BCUT2D eigenvalue weighted by Crippen LogP contribution is 2.41. The van der Waals surface area contributed by atoms with Crippen LogP contribution in [0.5, 0.6) is 0 Å². The zero-order valence-electron chi connectivity index (χ0n) is 30.4. The molecular formula is C52H34N4. The first-order valence-electron chi connectivity index (χ1n) is 19.0. The molecule has 0 saturated carbocycles. The summed E-state index contributed by atoms with van der Waals surface area (Å²) in [7, 11) is 0. The summed E-state index contributed by atoms with van der Waals surface area (Å²) in [4.78, 5) is 10.0. The monoisotopic (exact) mass is 714 g/mol. The van der Waals surface area contributed by atoms with E-state index in [-0.39, 0.29) is 0 Å². The smallest absolute Gasteiger partial charge is 0.145 e. The maximum Gasteiger partial charge on any atom is 0.145 e. The predicted octanol–water partition coefficient (Wildman–Crippen LogP) is 13.3. The summed E-state index contributed by atoms with van der Waals surface area (Å²) >= 11 is 0. The van der Waals surface area contributed by atoms with Crippen LogP contribution in [0.1, 0.15) is 0 Å². The van der Waals surface area contributed by atoms with Crippen LogP contribution < -0.4 is 0 Å². The zero-order valence-corrected chi connectivity index (χ0v) is 30.4. The van der Waals surface area contributed by atoms with Crippen molar-refractivity contribution in [1.29, 1.82) is 0 Å². The maximum absolute atomic E-state index is 5.09. The first kappa shape index (κ1) is 31.9. The maximum atomic E-state index is 5.09. The van der Waals surface area contributed by atoms with Crippen LogP contribution in [-0.2, 0) is 0 Å². The normalized spacial score (nSPS) is 11.6. The molecule has 0 aliphatic rings. The molecule has 0 saturated heterocycles. The highest BCUT2D eigenvalue weighted by atomic mass is 15.0. The molecule has 0 spiro atoms. The third-order valence-corrected chi connectivity index (χ3v) is 11.0. The van der Waals surface area contributed by atoms with Crippen LogP contribution in [0.25, 0.3) is 99.9 Å². The Hall–Kier alpha value is -7.56. The van der Waals surface area contributed by atoms with Crippen LogP contribution in [0, 0.1) is 0 Å². The van der Waals surface area contributed by atoms with Crippen molar-refractivity contribution >= 4 is 43.7 Å². The van der Waals surface area contributed by atoms with Crippen LogP contribution in [0.15, 0.2) is 206 Å². The molecule has 0 fully saturated rings. The Morgan fingerprint density at radius 1 is 0.339 bits per heavy atom. The number of benzene rings is 7. The van der Waals surface area contributed by atoms with Crippen molar-refractivity contribution in [3.8, 4) is 56.1 Å². The minimum Gasteiger partial charge on any atom is -0.309 e. The van der Waals surface area contributed by atoms with Crippen molar-refractivity contribution in [2.45, 2.75) is 0 Å². The average molecular weight is 715 g/mol. The lowest BCUT2D eigenvalue weighted by Crippen LogP contribution is -1.96. The number of para-hydroxylation sites is 2. The summed E-state index contributed by atoms with van der Waals surface area (Å²) < 4.78 is 4.67. The van der Waals surface area contributed by atoms with Gasteiger partial charge in [-0.25, -0.2) is 9.97 Å². The van der Waals surface area contributed by atoms with Gasteiger partial charge in [0.2, 0.25) is 0 Å². The Kier molecular flexibility index (Phi) is 7.46. The van der Waals surface area contributed by atoms with E-state index < -0.39 is 0 Å². The predicted molar refractivity (Wildman–Crippen MR) is 232 cm³/mol. The fourth-order valence-corrected chi connectivity index (χ4v) is 8.40. The summed E-state index contributed by atoms with van der Waals surface area (Å²) in [6.45, 7) is 0. The number of hydrogen-bond acceptors (Lipinski definition) is 2. The largest absolute Gasteiger partial charge is 0.309 e. The first-order chi connectivity index (χ1) is 27.8. The molecule has 0 aliphatic heterocycles. The van der Waals surface area contributed by atoms with Crippen LogP contribution in [0.2, 0.25) is 0 Å². The van der Waals surface area contributed by atoms with E-state index in [4.69, 9.17) is 9.97 Å². The van der Waals surface area contributed by atoms with Crippen molar-refractivity contribution in [3.63, 3.8) is 0 Å². The highest BCUT2D eigenvalue weighted by molar-refractivity contribution is 6.17. The van der Waals surface area contributed by atoms with Crippen molar-refractivity contribution < 1.29 is 0 Å². The first-order valence-corrected chi connectivity index (χ1v) is 19.0. The van der Waals surface area contributed by atoms with Crippen molar-refractivity contribution in [2.24, 2.45) is 0 Å². The fourth-order valence-electron chi connectivity index (χ4n) is 8.40. The molecule has 0 amide bonds. The number of aromatic nitrogens is 4. The van der Waals surface area contributed by atoms with Gasteiger partial charge < -0.3 is 4.57 Å². The van der Waals surface area contributed by atoms with E-state index in [0.29, 0.717) is 0 Å². The summed E-state index contributed by atoms with van der Waals surface area (Å²) in [6, 6.07) is 71.2. The molecule has 0 atom stereocenters. The van der Waals surface area contributed by atoms with Gasteiger partial charge in [-0.15, -0.1) is 0 Å². The second-order valence-electron chi connectivity index (χ2n) is 14.2. The molecule has 0 bridgehead atoms. The van der Waals surface area contributed by atoms with Gasteiger partial charge in [0.05, 0.1) is 27.9 Å². The summed E-state index contributed by atoms with van der Waals surface area (Å²) in [5.41, 5.74) is 15.4. The molecule has 4 nitrogen and oxygen atoms in total. The number of nitrogens with zero attached hydrogens (tertiary/aromatic N) is 4. The lowest BCUT2D eigenvalue weighted by molar-refractivity contribution is 1.14. The third-order valence-electron chi connectivity index (χ3n) is 11.0. The van der Waals surface area contributed by atoms with Crippen LogP contribution >= 0.6 is 0 Å². The molecule has 0 radical (unpaired) electrons. The van der Waals surface area contributed by atoms with Crippen LogP contribution in [0.3, 0.4) is 0 Å². The molecule has 0 aliphatic carbocycles. The van der Waals surface area contributed by atoms with E-state index in [2.05, 4.69) is 191 Å². The van der Waals surface area contributed by atoms with Gasteiger partial charge in [0.15, 0.2) is 0 Å². The van der Waals surface area contributed by atoms with Gasteiger partial charge in [0.1, 0.15) is 5.65 Å². The van der Waals surface area contributed by atoms with Gasteiger partial charge in [-0.2, -0.15) is 0 Å². The molecule has 4 heteroatoms. The van der Waals surface area contributed by atoms with Gasteiger partial charge in [-0.05, 0) is 95.1 Å². The second kappa shape index (κ2) is 13.1. The van der Waals surface area contributed by atoms with E-state index in [1.807, 2.05) is 24.4 Å². The minimum absolute atomic E-state index is 0.938. The van der Waals surface area contributed by atoms with Gasteiger partial charge in [-0.3, -0.25) is 4.57 Å². The van der Waals surface area contributed by atoms with Crippen molar-refractivity contribution in [3.05, 3.63) is 206 Å². The number of fused-ring (bicyclic) bond motifs is 6. The standard InChI is InChI=1S/C52H34N4/c1-4-14-36(15-5-1)46-33-39(34-47(54-46)37-16-6-2-7-17-37)35-25-28-41(29-26-35)56-49-30-27-38(32-45(49)43-22-13-31-53-52(43)56)42-21-12-24-50-51(42)44-20-10-11-23-48(44)55(50)40-18-8-3-9-19-40/h1-34H. The van der Waals surface area contributed by atoms with Crippen molar-refractivity contribution in [1.82, 2.24) is 19.1 Å². The molecule has 7 aromatic carbocycles. The minimum atomic E-state index is 0.938. The number of pyridine rings is 2. The van der Waals surface area contributed by atoms with E-state index in [0.717, 1.165) is 61.6 Å². The second-order valence-corrected chi connectivity index (χ2v) is 14.2. The molecular weight excluding hydrogens is 681 g/mol. The Bertz CT molecular complexity index is 3160. The van der Waals surface area contributed by atoms with Gasteiger partial charge >= 0.3 is 0 Å². The Balaban J connectivity index is 1.04. The van der Waals surface area contributed by atoms with Gasteiger partial charge in [-0.1, -0.05) is 127 Å². The molecule has 0 unspecified atom stereocenters. The van der Waals surface area contributed by atoms with Gasteiger partial charge in [0, 0.05) is 50.2 Å². The lowest BCUT2D eigenvalue weighted by atomic mass is 9.98. The Morgan fingerprint density at radius 2 is 0.929 bits per heavy atom. The zero-order chi connectivity index (χ0) is 37.0. The van der Waals surface area contributed by atoms with E-state index in [9.17, 15) is 0 Å². The molecule has 11 aromatic rings. The summed E-state index contributed by atoms with van der Waals surface area (Å²) in [6.07, 6.45) is 1.89. The SMILES string of the molecule is c1ccc(-c2cc(-c3ccc(-n4c5ccc(-c6cccc7c6c6ccccc6n7-c6ccccc6)cc5c5cccnc54)cc3)cc(-c3ccccc3)n2)cc1. The Labute approximate surface area is 324 Å². The number of hydrogen-bond donors (Lipinski definition) is 0. The Morgan fingerprint density at radius 3 is 1.66 bits per heavy atom. The lowest BCUT2D eigenvalue weighted by Gasteiger charge is -2.12. The topological polar surface area (TPSA) is 35.6 Å².